The van der Waals surface area contributed by atoms with Crippen molar-refractivity contribution >= 4 is 5.97 Å². The van der Waals surface area contributed by atoms with E-state index in [2.05, 4.69) is 5.16 Å². The lowest BCUT2D eigenvalue weighted by molar-refractivity contribution is -0.138. The second-order valence-electron chi connectivity index (χ2n) is 5.56. The number of carbonyl (C=O) groups excluding carboxylic acids is 1. The second-order valence-corrected chi connectivity index (χ2v) is 5.56. The zero-order valence-electron chi connectivity index (χ0n) is 13.7. The van der Waals surface area contributed by atoms with Gasteiger partial charge in [-0.3, -0.25) is 0 Å². The molecule has 0 amide bonds. The summed E-state index contributed by atoms with van der Waals surface area (Å²) in [7, 11) is 0. The molecule has 0 fully saturated rings. The van der Waals surface area contributed by atoms with Crippen molar-refractivity contribution < 1.29 is 27.2 Å². The Morgan fingerprint density at radius 3 is 2.42 bits per heavy atom. The monoisotopic (exact) mass is 361 g/mol. The summed E-state index contributed by atoms with van der Waals surface area (Å²) in [6.07, 6.45) is -4.52. The third kappa shape index (κ3) is 3.61. The van der Waals surface area contributed by atoms with Gasteiger partial charge in [-0.1, -0.05) is 53.7 Å². The van der Waals surface area contributed by atoms with E-state index < -0.39 is 24.3 Å². The fraction of sp³-hybridized carbons (Fsp3) is 0.158. The molecule has 134 valence electrons. The molecular formula is C19H14F3NO3. The third-order valence-electron chi connectivity index (χ3n) is 3.80. The molecule has 0 bridgehead atoms. The Morgan fingerprint density at radius 2 is 1.73 bits per heavy atom. The number of aryl methyl sites for hydroxylation is 1. The number of rotatable bonds is 4. The smallest absolute Gasteiger partial charge is 0.416 e. The molecule has 4 nitrogen and oxygen atoms in total. The Hall–Kier alpha value is -3.09. The Morgan fingerprint density at radius 1 is 1.08 bits per heavy atom. The van der Waals surface area contributed by atoms with Gasteiger partial charge < -0.3 is 9.26 Å². The highest BCUT2D eigenvalue weighted by molar-refractivity contribution is 5.97. The normalized spacial score (nSPS) is 11.4. The summed E-state index contributed by atoms with van der Waals surface area (Å²) in [5.74, 6) is -0.558. The van der Waals surface area contributed by atoms with Gasteiger partial charge in [0.2, 0.25) is 0 Å². The quantitative estimate of drug-likeness (QED) is 0.612. The number of esters is 1. The van der Waals surface area contributed by atoms with Gasteiger partial charge in [-0.25, -0.2) is 4.79 Å². The number of ether oxygens (including phenoxy) is 1. The van der Waals surface area contributed by atoms with Crippen LogP contribution in [-0.4, -0.2) is 11.1 Å². The first-order chi connectivity index (χ1) is 12.4. The number of halogens is 3. The maximum Gasteiger partial charge on any atom is 0.416 e. The standard InChI is InChI=1S/C19H14F3NO3/c1-12-16(17(23-26-12)13-7-3-2-4-8-13)18(24)25-11-14-9-5-6-10-15(14)19(20,21)22/h2-10H,11H2,1H3. The van der Waals surface area contributed by atoms with Crippen molar-refractivity contribution in [2.45, 2.75) is 19.7 Å². The summed E-state index contributed by atoms with van der Waals surface area (Å²) in [5.41, 5.74) is 0.0757. The van der Waals surface area contributed by atoms with Crippen LogP contribution in [0.25, 0.3) is 11.3 Å². The zero-order valence-corrected chi connectivity index (χ0v) is 13.7. The van der Waals surface area contributed by atoms with Crippen molar-refractivity contribution in [2.24, 2.45) is 0 Å². The van der Waals surface area contributed by atoms with Crippen LogP contribution < -0.4 is 0 Å². The van der Waals surface area contributed by atoms with E-state index in [4.69, 9.17) is 9.26 Å². The lowest BCUT2D eigenvalue weighted by Crippen LogP contribution is -2.12. The first-order valence-corrected chi connectivity index (χ1v) is 7.72. The van der Waals surface area contributed by atoms with E-state index in [1.807, 2.05) is 6.07 Å². The summed E-state index contributed by atoms with van der Waals surface area (Å²) in [5, 5.41) is 3.86. The highest BCUT2D eigenvalue weighted by Gasteiger charge is 2.33. The van der Waals surface area contributed by atoms with E-state index in [-0.39, 0.29) is 22.6 Å². The average molecular weight is 361 g/mol. The molecule has 0 radical (unpaired) electrons. The Labute approximate surface area is 147 Å². The van der Waals surface area contributed by atoms with Gasteiger partial charge >= 0.3 is 12.1 Å². The number of nitrogens with zero attached hydrogens (tertiary/aromatic N) is 1. The first kappa shape index (κ1) is 17.7. The fourth-order valence-electron chi connectivity index (χ4n) is 2.54. The minimum Gasteiger partial charge on any atom is -0.457 e. The molecule has 3 aromatic rings. The Balaban J connectivity index is 1.84. The van der Waals surface area contributed by atoms with E-state index in [9.17, 15) is 18.0 Å². The summed E-state index contributed by atoms with van der Waals surface area (Å²) in [4.78, 5) is 12.5. The van der Waals surface area contributed by atoms with Gasteiger partial charge in [0.15, 0.2) is 0 Å². The van der Waals surface area contributed by atoms with Crippen LogP contribution in [0.1, 0.15) is 27.2 Å². The SMILES string of the molecule is Cc1onc(-c2ccccc2)c1C(=O)OCc1ccccc1C(F)(F)F. The number of hydrogen-bond acceptors (Lipinski definition) is 4. The molecule has 0 saturated heterocycles. The number of alkyl halides is 3. The predicted molar refractivity (Wildman–Crippen MR) is 87.2 cm³/mol. The molecule has 0 saturated carbocycles. The van der Waals surface area contributed by atoms with E-state index in [0.717, 1.165) is 6.07 Å². The molecule has 26 heavy (non-hydrogen) atoms. The number of hydrogen-bond donors (Lipinski definition) is 0. The molecule has 0 aliphatic carbocycles. The molecule has 7 heteroatoms. The van der Waals surface area contributed by atoms with Crippen LogP contribution in [0.3, 0.4) is 0 Å². The second kappa shape index (κ2) is 7.03. The van der Waals surface area contributed by atoms with Crippen LogP contribution >= 0.6 is 0 Å². The van der Waals surface area contributed by atoms with Crippen LogP contribution in [0.4, 0.5) is 13.2 Å². The van der Waals surface area contributed by atoms with Crippen molar-refractivity contribution in [1.82, 2.24) is 5.16 Å². The molecule has 0 aliphatic rings. The number of aromatic nitrogens is 1. The molecule has 0 spiro atoms. The maximum absolute atomic E-state index is 13.0. The minimum atomic E-state index is -4.52. The van der Waals surface area contributed by atoms with Crippen molar-refractivity contribution in [3.05, 3.63) is 77.0 Å². The molecule has 0 N–H and O–H groups in total. The number of carbonyl (C=O) groups is 1. The van der Waals surface area contributed by atoms with Gasteiger partial charge in [0.1, 0.15) is 23.6 Å². The van der Waals surface area contributed by atoms with Gasteiger partial charge in [-0.05, 0) is 13.0 Å². The van der Waals surface area contributed by atoms with E-state index in [1.165, 1.54) is 18.2 Å². The molecule has 0 aliphatic heterocycles. The minimum absolute atomic E-state index is 0.0979. The van der Waals surface area contributed by atoms with Crippen molar-refractivity contribution in [2.75, 3.05) is 0 Å². The maximum atomic E-state index is 13.0. The zero-order chi connectivity index (χ0) is 18.7. The Kier molecular flexibility index (Phi) is 4.79. The largest absolute Gasteiger partial charge is 0.457 e. The average Bonchev–Trinajstić information content (AvgIpc) is 3.01. The summed E-state index contributed by atoms with van der Waals surface area (Å²) < 4.78 is 49.3. The molecule has 1 heterocycles. The van der Waals surface area contributed by atoms with Gasteiger partial charge in [-0.15, -0.1) is 0 Å². The van der Waals surface area contributed by atoms with Crippen molar-refractivity contribution in [1.29, 1.82) is 0 Å². The molecule has 3 rings (SSSR count). The van der Waals surface area contributed by atoms with E-state index >= 15 is 0 Å². The highest BCUT2D eigenvalue weighted by Crippen LogP contribution is 2.32. The third-order valence-corrected chi connectivity index (χ3v) is 3.80. The highest BCUT2D eigenvalue weighted by atomic mass is 19.4. The lowest BCUT2D eigenvalue weighted by atomic mass is 10.1. The van der Waals surface area contributed by atoms with Gasteiger partial charge in [0, 0.05) is 11.1 Å². The van der Waals surface area contributed by atoms with Gasteiger partial charge in [0.25, 0.3) is 0 Å². The predicted octanol–water partition coefficient (Wildman–Crippen LogP) is 5.03. The summed E-state index contributed by atoms with van der Waals surface area (Å²) >= 11 is 0. The molecule has 0 atom stereocenters. The summed E-state index contributed by atoms with van der Waals surface area (Å²) in [6.45, 7) is 1.03. The van der Waals surface area contributed by atoms with Crippen LogP contribution in [0.2, 0.25) is 0 Å². The fourth-order valence-corrected chi connectivity index (χ4v) is 2.54. The van der Waals surface area contributed by atoms with E-state index in [0.29, 0.717) is 5.56 Å². The molecular weight excluding hydrogens is 347 g/mol. The molecule has 0 unspecified atom stereocenters. The van der Waals surface area contributed by atoms with Gasteiger partial charge in [-0.2, -0.15) is 13.2 Å². The van der Waals surface area contributed by atoms with Crippen LogP contribution in [0.15, 0.2) is 59.1 Å². The van der Waals surface area contributed by atoms with Crippen molar-refractivity contribution in [3.63, 3.8) is 0 Å². The number of benzene rings is 2. The molecule has 1 aromatic heterocycles. The van der Waals surface area contributed by atoms with Crippen LogP contribution in [-0.2, 0) is 17.5 Å². The van der Waals surface area contributed by atoms with Crippen molar-refractivity contribution in [3.8, 4) is 11.3 Å². The first-order valence-electron chi connectivity index (χ1n) is 7.72. The Bertz CT molecular complexity index is 917. The van der Waals surface area contributed by atoms with Crippen LogP contribution in [0.5, 0.6) is 0 Å². The summed E-state index contributed by atoms with van der Waals surface area (Å²) in [6, 6.07) is 13.8. The van der Waals surface area contributed by atoms with Gasteiger partial charge in [0.05, 0.1) is 5.56 Å². The van der Waals surface area contributed by atoms with Crippen LogP contribution in [0, 0.1) is 6.92 Å². The van der Waals surface area contributed by atoms with E-state index in [1.54, 1.807) is 31.2 Å². The lowest BCUT2D eigenvalue weighted by Gasteiger charge is -2.12. The topological polar surface area (TPSA) is 52.3 Å². The molecule has 2 aromatic carbocycles.